The SMILES string of the molecule is CC(C)N(C(C)C)P(=S)(c1ccccc1)c1cccc[c]1[Sn]([CH3])([CH3])[Cl]. The number of nitrogens with zero attached hydrogens (tertiary/aromatic N) is 1. The van der Waals surface area contributed by atoms with E-state index in [4.69, 9.17) is 20.7 Å². The van der Waals surface area contributed by atoms with Crippen LogP contribution in [0.4, 0.5) is 0 Å². The molecule has 1 atom stereocenters. The summed E-state index contributed by atoms with van der Waals surface area (Å²) in [7, 11) is 6.98. The van der Waals surface area contributed by atoms with Crippen LogP contribution in [0.15, 0.2) is 54.6 Å². The Morgan fingerprint density at radius 1 is 0.880 bits per heavy atom. The first-order chi connectivity index (χ1) is 11.6. The summed E-state index contributed by atoms with van der Waals surface area (Å²) >= 11 is 3.75. The molecule has 0 N–H and O–H groups in total. The molecule has 0 aliphatic carbocycles. The van der Waals surface area contributed by atoms with E-state index >= 15 is 0 Å². The second-order valence-electron chi connectivity index (χ2n) is 7.47. The van der Waals surface area contributed by atoms with Crippen molar-refractivity contribution in [2.45, 2.75) is 49.7 Å². The van der Waals surface area contributed by atoms with Crippen LogP contribution < -0.4 is 14.2 Å². The maximum absolute atomic E-state index is 6.98. The Bertz CT molecular complexity index is 748. The van der Waals surface area contributed by atoms with Crippen molar-refractivity contribution < 1.29 is 0 Å². The van der Waals surface area contributed by atoms with Gasteiger partial charge in [-0.2, -0.15) is 0 Å². The molecule has 0 aliphatic rings. The molecule has 0 aromatic heterocycles. The molecule has 2 aromatic carbocycles. The van der Waals surface area contributed by atoms with E-state index in [1.807, 2.05) is 0 Å². The van der Waals surface area contributed by atoms with Crippen LogP contribution in [0.3, 0.4) is 0 Å². The van der Waals surface area contributed by atoms with Gasteiger partial charge in [-0.15, -0.1) is 0 Å². The van der Waals surface area contributed by atoms with Crippen LogP contribution in [0.5, 0.6) is 0 Å². The Kier molecular flexibility index (Phi) is 7.24. The molecule has 0 saturated heterocycles. The van der Waals surface area contributed by atoms with Crippen LogP contribution in [0, 0.1) is 0 Å². The number of hydrogen-bond acceptors (Lipinski definition) is 1. The fourth-order valence-corrected chi connectivity index (χ4v) is 17.7. The number of hydrogen-bond donors (Lipinski definition) is 0. The minimum absolute atomic E-state index is 0.368. The van der Waals surface area contributed by atoms with Crippen molar-refractivity contribution in [2.24, 2.45) is 0 Å². The zero-order valence-electron chi connectivity index (χ0n) is 16.0. The van der Waals surface area contributed by atoms with E-state index < -0.39 is 23.4 Å². The third kappa shape index (κ3) is 4.52. The zero-order chi connectivity index (χ0) is 18.8. The van der Waals surface area contributed by atoms with E-state index in [2.05, 4.69) is 96.8 Å². The molecule has 1 nitrogen and oxygen atoms in total. The Morgan fingerprint density at radius 3 is 1.84 bits per heavy atom. The van der Waals surface area contributed by atoms with Gasteiger partial charge in [0.2, 0.25) is 0 Å². The standard InChI is InChI=1S/C18H23NPS.2CH3.ClH.Sn/c1-15(2)19(16(3)4)20(21,17-11-7-5-8-12-17)18-13-9-6-10-14-18;;;;/h5-13,15-16H,1-4H3;2*1H3;1H;/q;;;;+1/p-1. The molecule has 0 amide bonds. The topological polar surface area (TPSA) is 3.24 Å². The summed E-state index contributed by atoms with van der Waals surface area (Å²) in [6, 6.07) is 20.1. The Hall–Kier alpha value is 0.139. The number of rotatable bonds is 6. The first-order valence-corrected chi connectivity index (χ1v) is 22.3. The van der Waals surface area contributed by atoms with Crippen molar-refractivity contribution in [3.63, 3.8) is 0 Å². The van der Waals surface area contributed by atoms with Gasteiger partial charge in [0.05, 0.1) is 0 Å². The van der Waals surface area contributed by atoms with Crippen LogP contribution in [-0.2, 0) is 11.8 Å². The van der Waals surface area contributed by atoms with E-state index in [1.165, 1.54) is 14.2 Å². The number of benzene rings is 2. The number of halogens is 1. The molecule has 0 spiro atoms. The predicted octanol–water partition coefficient (Wildman–Crippen LogP) is 4.80. The van der Waals surface area contributed by atoms with Crippen molar-refractivity contribution >= 4 is 58.4 Å². The van der Waals surface area contributed by atoms with E-state index in [9.17, 15) is 0 Å². The first-order valence-electron chi connectivity index (χ1n) is 8.83. The van der Waals surface area contributed by atoms with Gasteiger partial charge in [-0.25, -0.2) is 0 Å². The summed E-state index contributed by atoms with van der Waals surface area (Å²) in [5, 5.41) is 2.56. The molecule has 0 saturated carbocycles. The fraction of sp³-hybridized carbons (Fsp3) is 0.400. The van der Waals surface area contributed by atoms with E-state index in [1.54, 1.807) is 0 Å². The zero-order valence-corrected chi connectivity index (χ0v) is 21.4. The molecule has 25 heavy (non-hydrogen) atoms. The monoisotopic (exact) mass is 501 g/mol. The molecule has 0 radical (unpaired) electrons. The van der Waals surface area contributed by atoms with Gasteiger partial charge in [0.1, 0.15) is 0 Å². The molecular formula is C20H29ClNPSSn. The normalized spacial score (nSPS) is 15.0. The summed E-state index contributed by atoms with van der Waals surface area (Å²) in [6.45, 7) is 9.01. The summed E-state index contributed by atoms with van der Waals surface area (Å²) in [6.07, 6.45) is -2.15. The molecule has 0 aliphatic heterocycles. The molecule has 1 unspecified atom stereocenters. The van der Waals surface area contributed by atoms with Gasteiger partial charge in [0.15, 0.2) is 0 Å². The van der Waals surface area contributed by atoms with Crippen molar-refractivity contribution in [1.29, 1.82) is 0 Å². The van der Waals surface area contributed by atoms with Gasteiger partial charge < -0.3 is 0 Å². The van der Waals surface area contributed by atoms with Crippen molar-refractivity contribution in [2.75, 3.05) is 0 Å². The average Bonchev–Trinajstić information content (AvgIpc) is 2.54. The van der Waals surface area contributed by atoms with Gasteiger partial charge >= 0.3 is 167 Å². The summed E-state index contributed by atoms with van der Waals surface area (Å²) in [5.74, 6) is 0. The van der Waals surface area contributed by atoms with Gasteiger partial charge in [-0.3, -0.25) is 0 Å². The molecule has 136 valence electrons. The Balaban J connectivity index is 2.86. The average molecular weight is 501 g/mol. The molecule has 2 rings (SSSR count). The third-order valence-electron chi connectivity index (χ3n) is 4.36. The van der Waals surface area contributed by atoms with Crippen LogP contribution in [-0.4, -0.2) is 34.0 Å². The Labute approximate surface area is 166 Å². The van der Waals surface area contributed by atoms with E-state index in [0.717, 1.165) is 0 Å². The third-order valence-corrected chi connectivity index (χ3v) is 16.6. The maximum atomic E-state index is 6.98. The second kappa shape index (κ2) is 8.44. The molecule has 0 heterocycles. The van der Waals surface area contributed by atoms with Crippen LogP contribution in [0.1, 0.15) is 27.7 Å². The van der Waals surface area contributed by atoms with Crippen LogP contribution >= 0.6 is 15.1 Å². The summed E-state index contributed by atoms with van der Waals surface area (Å²) in [5.41, 5.74) is 0. The van der Waals surface area contributed by atoms with Crippen molar-refractivity contribution in [3.8, 4) is 0 Å². The summed E-state index contributed by atoms with van der Waals surface area (Å²) in [4.78, 5) is 4.52. The minimum atomic E-state index is -2.83. The molecule has 2 aromatic rings. The van der Waals surface area contributed by atoms with E-state index in [0.29, 0.717) is 12.1 Å². The molecular weight excluding hydrogens is 471 g/mol. The van der Waals surface area contributed by atoms with Gasteiger partial charge in [-0.05, 0) is 0 Å². The predicted molar refractivity (Wildman–Crippen MR) is 122 cm³/mol. The first kappa shape index (κ1) is 21.4. The van der Waals surface area contributed by atoms with Gasteiger partial charge in [-0.1, -0.05) is 0 Å². The molecule has 0 bridgehead atoms. The fourth-order valence-electron chi connectivity index (χ4n) is 3.51. The van der Waals surface area contributed by atoms with Gasteiger partial charge in [0, 0.05) is 0 Å². The molecule has 0 fully saturated rings. The second-order valence-corrected chi connectivity index (χ2v) is 27.9. The van der Waals surface area contributed by atoms with Crippen LogP contribution in [0.2, 0.25) is 9.88 Å². The van der Waals surface area contributed by atoms with Gasteiger partial charge in [0.25, 0.3) is 0 Å². The Morgan fingerprint density at radius 2 is 1.36 bits per heavy atom. The summed E-state index contributed by atoms with van der Waals surface area (Å²) < 4.78 is 3.89. The quantitative estimate of drug-likeness (QED) is 0.414. The van der Waals surface area contributed by atoms with Crippen molar-refractivity contribution in [3.05, 3.63) is 54.6 Å². The van der Waals surface area contributed by atoms with E-state index in [-0.39, 0.29) is 0 Å². The molecule has 5 heteroatoms. The van der Waals surface area contributed by atoms with Crippen LogP contribution in [0.25, 0.3) is 0 Å². The van der Waals surface area contributed by atoms with Crippen molar-refractivity contribution in [1.82, 2.24) is 4.67 Å².